The molecule has 1 aromatic rings. The largest absolute Gasteiger partial charge is 0.491 e. The maximum absolute atomic E-state index is 6.12. The fourth-order valence-corrected chi connectivity index (χ4v) is 2.38. The summed E-state index contributed by atoms with van der Waals surface area (Å²) in [6, 6.07) is 5.58. The lowest BCUT2D eigenvalue weighted by molar-refractivity contribution is 0.00578. The molecule has 0 saturated carbocycles. The number of halogens is 1. The molecular weight excluding hydrogens is 298 g/mol. The van der Waals surface area contributed by atoms with Gasteiger partial charge in [-0.2, -0.15) is 0 Å². The van der Waals surface area contributed by atoms with Crippen LogP contribution in [-0.2, 0) is 9.31 Å². The van der Waals surface area contributed by atoms with Crippen LogP contribution in [0.5, 0.6) is 0 Å². The first kappa shape index (κ1) is 17.4. The van der Waals surface area contributed by atoms with Crippen LogP contribution in [0.3, 0.4) is 0 Å². The maximum Gasteiger partial charge on any atom is 0.491 e. The molecule has 1 aliphatic heterocycles. The summed E-state index contributed by atoms with van der Waals surface area (Å²) in [6.45, 7) is 8.85. The molecule has 1 aliphatic rings. The van der Waals surface area contributed by atoms with E-state index in [1.165, 1.54) is 0 Å². The summed E-state index contributed by atoms with van der Waals surface area (Å²) in [5.74, 6) is 0. The van der Waals surface area contributed by atoms with Gasteiger partial charge in [-0.15, -0.1) is 0 Å². The molecule has 4 nitrogen and oxygen atoms in total. The van der Waals surface area contributed by atoms with Crippen LogP contribution in [0, 0.1) is 0 Å². The third kappa shape index (κ3) is 3.49. The highest BCUT2D eigenvalue weighted by Gasteiger charge is 2.52. The molecule has 0 aliphatic carbocycles. The number of nitrogens with two attached hydrogens (primary N) is 1. The molecule has 1 fully saturated rings. The lowest BCUT2D eigenvalue weighted by Gasteiger charge is -2.32. The highest BCUT2D eigenvalue weighted by atomic mass is 35.5. The standard InChI is InChI=1S/C16H24BClN2O2/c1-15(2)16(3,4)22-17(21-15)12(10-20-5)8-11-6-7-13(18)14(19)9-11/h6-9,20H,10,19H2,1-5H3. The third-order valence-corrected chi connectivity index (χ3v) is 4.65. The smallest absolute Gasteiger partial charge is 0.400 e. The maximum atomic E-state index is 6.12. The zero-order valence-corrected chi connectivity index (χ0v) is 14.6. The predicted molar refractivity (Wildman–Crippen MR) is 93.9 cm³/mol. The number of hydrogen-bond donors (Lipinski definition) is 2. The van der Waals surface area contributed by atoms with Crippen molar-refractivity contribution in [1.29, 1.82) is 0 Å². The van der Waals surface area contributed by atoms with Crippen molar-refractivity contribution in [2.45, 2.75) is 38.9 Å². The number of nitrogens with one attached hydrogen (secondary N) is 1. The predicted octanol–water partition coefficient (Wildman–Crippen LogP) is 3.16. The van der Waals surface area contributed by atoms with Crippen molar-refractivity contribution in [3.8, 4) is 0 Å². The Balaban J connectivity index is 2.31. The third-order valence-electron chi connectivity index (χ3n) is 4.31. The van der Waals surface area contributed by atoms with Gasteiger partial charge in [0.15, 0.2) is 0 Å². The monoisotopic (exact) mass is 322 g/mol. The Morgan fingerprint density at radius 2 is 1.86 bits per heavy atom. The zero-order valence-electron chi connectivity index (χ0n) is 13.9. The number of nitrogen functional groups attached to an aromatic ring is 1. The van der Waals surface area contributed by atoms with Crippen LogP contribution < -0.4 is 11.1 Å². The van der Waals surface area contributed by atoms with Crippen molar-refractivity contribution in [3.63, 3.8) is 0 Å². The van der Waals surface area contributed by atoms with E-state index >= 15 is 0 Å². The van der Waals surface area contributed by atoms with Gasteiger partial charge in [-0.3, -0.25) is 0 Å². The SMILES string of the molecule is CNCC(=Cc1ccc(Cl)c(N)c1)B1OC(C)(C)C(C)(C)O1. The van der Waals surface area contributed by atoms with Crippen LogP contribution in [0.1, 0.15) is 33.3 Å². The van der Waals surface area contributed by atoms with Gasteiger partial charge < -0.3 is 20.4 Å². The molecule has 120 valence electrons. The molecule has 22 heavy (non-hydrogen) atoms. The minimum atomic E-state index is -0.380. The van der Waals surface area contributed by atoms with Crippen LogP contribution in [0.25, 0.3) is 6.08 Å². The molecule has 0 bridgehead atoms. The van der Waals surface area contributed by atoms with Gasteiger partial charge >= 0.3 is 7.12 Å². The minimum absolute atomic E-state index is 0.358. The van der Waals surface area contributed by atoms with Gasteiger partial charge in [-0.05, 0) is 57.9 Å². The van der Waals surface area contributed by atoms with E-state index in [2.05, 4.69) is 5.32 Å². The molecule has 0 aromatic heterocycles. The molecule has 1 saturated heterocycles. The highest BCUT2D eigenvalue weighted by Crippen LogP contribution is 2.38. The first-order valence-corrected chi connectivity index (χ1v) is 7.80. The fraction of sp³-hybridized carbons (Fsp3) is 0.500. The topological polar surface area (TPSA) is 56.5 Å². The van der Waals surface area contributed by atoms with Crippen LogP contribution in [0.15, 0.2) is 23.7 Å². The van der Waals surface area contributed by atoms with E-state index in [1.54, 1.807) is 6.07 Å². The van der Waals surface area contributed by atoms with E-state index in [0.29, 0.717) is 17.3 Å². The molecule has 6 heteroatoms. The Morgan fingerprint density at radius 3 is 2.36 bits per heavy atom. The first-order valence-electron chi connectivity index (χ1n) is 7.42. The molecule has 2 rings (SSSR count). The summed E-state index contributed by atoms with van der Waals surface area (Å²) in [6.07, 6.45) is 2.03. The number of benzene rings is 1. The van der Waals surface area contributed by atoms with Gasteiger partial charge in [0.25, 0.3) is 0 Å². The lowest BCUT2D eigenvalue weighted by Crippen LogP contribution is -2.41. The lowest BCUT2D eigenvalue weighted by atomic mass is 9.77. The average Bonchev–Trinajstić information content (AvgIpc) is 2.62. The summed E-state index contributed by atoms with van der Waals surface area (Å²) >= 11 is 5.97. The van der Waals surface area contributed by atoms with Crippen molar-refractivity contribution in [2.75, 3.05) is 19.3 Å². The summed E-state index contributed by atoms with van der Waals surface area (Å²) in [7, 11) is 1.52. The second kappa shape index (κ2) is 6.24. The van der Waals surface area contributed by atoms with E-state index < -0.39 is 0 Å². The van der Waals surface area contributed by atoms with Gasteiger partial charge in [-0.25, -0.2) is 0 Å². The van der Waals surface area contributed by atoms with Crippen molar-refractivity contribution < 1.29 is 9.31 Å². The Hall–Kier alpha value is -1.01. The highest BCUT2D eigenvalue weighted by molar-refractivity contribution is 6.56. The second-order valence-electron chi connectivity index (χ2n) is 6.62. The molecule has 0 atom stereocenters. The Labute approximate surface area is 138 Å². The number of rotatable bonds is 4. The number of hydrogen-bond acceptors (Lipinski definition) is 4. The van der Waals surface area contributed by atoms with Crippen LogP contribution in [-0.4, -0.2) is 31.9 Å². The van der Waals surface area contributed by atoms with Crippen LogP contribution in [0.2, 0.25) is 5.02 Å². The minimum Gasteiger partial charge on any atom is -0.400 e. The average molecular weight is 323 g/mol. The van der Waals surface area contributed by atoms with Crippen molar-refractivity contribution in [3.05, 3.63) is 34.3 Å². The summed E-state index contributed by atoms with van der Waals surface area (Å²) in [5.41, 5.74) is 7.71. The van der Waals surface area contributed by atoms with Crippen LogP contribution >= 0.6 is 11.6 Å². The number of likely N-dealkylation sites (N-methyl/N-ethyl adjacent to an activating group) is 1. The second-order valence-corrected chi connectivity index (χ2v) is 7.03. The van der Waals surface area contributed by atoms with Crippen LogP contribution in [0.4, 0.5) is 5.69 Å². The molecule has 3 N–H and O–H groups in total. The molecule has 1 aromatic carbocycles. The van der Waals surface area contributed by atoms with E-state index in [4.69, 9.17) is 26.6 Å². The summed E-state index contributed by atoms with van der Waals surface area (Å²) < 4.78 is 12.2. The van der Waals surface area contributed by atoms with Crippen molar-refractivity contribution in [2.24, 2.45) is 0 Å². The zero-order chi connectivity index (χ0) is 16.5. The van der Waals surface area contributed by atoms with Gasteiger partial charge in [0, 0.05) is 6.54 Å². The van der Waals surface area contributed by atoms with Crippen molar-refractivity contribution >= 4 is 30.5 Å². The van der Waals surface area contributed by atoms with Crippen molar-refractivity contribution in [1.82, 2.24) is 5.32 Å². The molecule has 0 radical (unpaired) electrons. The quantitative estimate of drug-likeness (QED) is 0.660. The Bertz CT molecular complexity index is 572. The normalized spacial score (nSPS) is 20.5. The molecule has 0 amide bonds. The van der Waals surface area contributed by atoms with Gasteiger partial charge in [0.2, 0.25) is 0 Å². The Morgan fingerprint density at radius 1 is 1.27 bits per heavy atom. The summed E-state index contributed by atoms with van der Waals surface area (Å²) in [5, 5.41) is 3.72. The summed E-state index contributed by atoms with van der Waals surface area (Å²) in [4.78, 5) is 0. The van der Waals surface area contributed by atoms with E-state index in [1.807, 2.05) is 53.0 Å². The molecule has 1 heterocycles. The van der Waals surface area contributed by atoms with Gasteiger partial charge in [-0.1, -0.05) is 23.7 Å². The van der Waals surface area contributed by atoms with E-state index in [0.717, 1.165) is 11.0 Å². The Kier molecular flexibility index (Phi) is 4.92. The molecular formula is C16H24BClN2O2. The van der Waals surface area contributed by atoms with Gasteiger partial charge in [0.05, 0.1) is 21.9 Å². The fourth-order valence-electron chi connectivity index (χ4n) is 2.27. The first-order chi connectivity index (χ1) is 10.2. The van der Waals surface area contributed by atoms with E-state index in [-0.39, 0.29) is 18.3 Å². The molecule has 0 unspecified atom stereocenters. The van der Waals surface area contributed by atoms with Gasteiger partial charge in [0.1, 0.15) is 0 Å². The number of anilines is 1. The van der Waals surface area contributed by atoms with E-state index in [9.17, 15) is 0 Å². The molecule has 0 spiro atoms.